The van der Waals surface area contributed by atoms with Crippen LogP contribution in [-0.2, 0) is 17.8 Å². The fourth-order valence-corrected chi connectivity index (χ4v) is 4.96. The van der Waals surface area contributed by atoms with Gasteiger partial charge in [-0.1, -0.05) is 35.1 Å². The van der Waals surface area contributed by atoms with Crippen molar-refractivity contribution in [1.82, 2.24) is 30.4 Å². The molecule has 12 heteroatoms. The molecule has 1 aromatic carbocycles. The second-order valence-electron chi connectivity index (χ2n) is 7.43. The smallest absolute Gasteiger partial charge is 0.327 e. The van der Waals surface area contributed by atoms with Crippen molar-refractivity contribution in [3.05, 3.63) is 28.8 Å². The molecule has 0 atom stereocenters. The molecular weight excluding hydrogens is 430 g/mol. The van der Waals surface area contributed by atoms with Crippen LogP contribution in [0.15, 0.2) is 18.2 Å². The Balaban J connectivity index is 1.26. The number of piperidine rings is 1. The predicted molar refractivity (Wildman–Crippen MR) is 109 cm³/mol. The fourth-order valence-electron chi connectivity index (χ4n) is 3.90. The number of anilines is 1. The molecule has 2 aliphatic heterocycles. The topological polar surface area (TPSA) is 119 Å². The van der Waals surface area contributed by atoms with E-state index in [0.717, 1.165) is 54.5 Å². The SMILES string of the molecule is O=C(O)Cn1nnc(-c2nnc(N3CCC4(CCc5cccc(Cl)c5O4)CC3)s2)n1. The number of aryl methyl sites for hydroxylation is 1. The van der Waals surface area contributed by atoms with Crippen LogP contribution in [0.2, 0.25) is 5.02 Å². The number of ether oxygens (including phenoxy) is 1. The van der Waals surface area contributed by atoms with Gasteiger partial charge in [0.15, 0.2) is 11.6 Å². The van der Waals surface area contributed by atoms with E-state index >= 15 is 0 Å². The number of nitrogens with zero attached hydrogens (tertiary/aromatic N) is 7. The van der Waals surface area contributed by atoms with Crippen molar-refractivity contribution in [2.45, 2.75) is 37.8 Å². The molecule has 0 aliphatic carbocycles. The molecule has 156 valence electrons. The quantitative estimate of drug-likeness (QED) is 0.642. The molecule has 0 unspecified atom stereocenters. The Morgan fingerprint density at radius 1 is 1.23 bits per heavy atom. The highest BCUT2D eigenvalue weighted by Gasteiger charge is 2.40. The lowest BCUT2D eigenvalue weighted by molar-refractivity contribution is -0.138. The number of benzene rings is 1. The van der Waals surface area contributed by atoms with E-state index in [2.05, 4.69) is 36.6 Å². The van der Waals surface area contributed by atoms with E-state index in [-0.39, 0.29) is 18.0 Å². The molecule has 3 aromatic rings. The zero-order valence-corrected chi connectivity index (χ0v) is 17.4. The van der Waals surface area contributed by atoms with Gasteiger partial charge in [0.2, 0.25) is 11.0 Å². The Kier molecular flexibility index (Phi) is 4.78. The summed E-state index contributed by atoms with van der Waals surface area (Å²) in [6.07, 6.45) is 3.70. The minimum Gasteiger partial charge on any atom is -0.485 e. The summed E-state index contributed by atoms with van der Waals surface area (Å²) in [5.41, 5.74) is 0.982. The van der Waals surface area contributed by atoms with Crippen LogP contribution >= 0.6 is 22.9 Å². The molecule has 0 bridgehead atoms. The van der Waals surface area contributed by atoms with E-state index in [1.165, 1.54) is 16.9 Å². The van der Waals surface area contributed by atoms with Gasteiger partial charge in [-0.15, -0.1) is 20.4 Å². The Labute approximate surface area is 180 Å². The highest BCUT2D eigenvalue weighted by Crippen LogP contribution is 2.43. The van der Waals surface area contributed by atoms with Gasteiger partial charge in [0.25, 0.3) is 0 Å². The van der Waals surface area contributed by atoms with Crippen LogP contribution in [0, 0.1) is 0 Å². The number of aromatic nitrogens is 6. The van der Waals surface area contributed by atoms with E-state index in [1.807, 2.05) is 12.1 Å². The minimum absolute atomic E-state index is 0.191. The van der Waals surface area contributed by atoms with E-state index < -0.39 is 5.97 Å². The Hall–Kier alpha value is -2.79. The third kappa shape index (κ3) is 3.58. The monoisotopic (exact) mass is 447 g/mol. The number of hydrogen-bond donors (Lipinski definition) is 1. The second-order valence-corrected chi connectivity index (χ2v) is 8.79. The van der Waals surface area contributed by atoms with Gasteiger partial charge in [-0.2, -0.15) is 4.80 Å². The number of fused-ring (bicyclic) bond motifs is 1. The number of para-hydroxylation sites is 1. The van der Waals surface area contributed by atoms with Crippen LogP contribution in [-0.4, -0.2) is 60.2 Å². The lowest BCUT2D eigenvalue weighted by Crippen LogP contribution is -2.49. The number of carboxylic acids is 1. The lowest BCUT2D eigenvalue weighted by Gasteiger charge is -2.44. The van der Waals surface area contributed by atoms with Crippen LogP contribution in [0.25, 0.3) is 10.8 Å². The fraction of sp³-hybridized carbons (Fsp3) is 0.444. The largest absolute Gasteiger partial charge is 0.485 e. The van der Waals surface area contributed by atoms with Gasteiger partial charge in [-0.3, -0.25) is 4.79 Å². The highest BCUT2D eigenvalue weighted by atomic mass is 35.5. The standard InChI is InChI=1S/C18H18ClN7O3S/c19-12-3-1-2-11-4-5-18(29-14(11)12)6-8-25(9-7-18)17-22-21-16(30-17)15-20-24-26(23-15)10-13(27)28/h1-3H,4-10H2,(H,27,28). The molecule has 1 spiro atoms. The molecule has 0 amide bonds. The number of carbonyl (C=O) groups is 1. The van der Waals surface area contributed by atoms with Crippen LogP contribution in [0.3, 0.4) is 0 Å². The number of tetrazole rings is 1. The second kappa shape index (κ2) is 7.47. The first-order valence-corrected chi connectivity index (χ1v) is 10.8. The van der Waals surface area contributed by atoms with Gasteiger partial charge < -0.3 is 14.7 Å². The summed E-state index contributed by atoms with van der Waals surface area (Å²) in [4.78, 5) is 14.0. The number of hydrogen-bond acceptors (Lipinski definition) is 9. The van der Waals surface area contributed by atoms with Gasteiger partial charge in [0.05, 0.1) is 5.02 Å². The van der Waals surface area contributed by atoms with Crippen molar-refractivity contribution in [1.29, 1.82) is 0 Å². The Morgan fingerprint density at radius 3 is 2.87 bits per heavy atom. The molecule has 1 fully saturated rings. The third-order valence-electron chi connectivity index (χ3n) is 5.50. The molecule has 1 saturated heterocycles. The summed E-state index contributed by atoms with van der Waals surface area (Å²) in [6, 6.07) is 5.91. The average Bonchev–Trinajstić information content (AvgIpc) is 3.39. The normalized spacial score (nSPS) is 17.6. The van der Waals surface area contributed by atoms with Crippen molar-refractivity contribution in [3.8, 4) is 16.6 Å². The minimum atomic E-state index is -1.03. The molecule has 4 heterocycles. The molecule has 1 N–H and O–H groups in total. The lowest BCUT2D eigenvalue weighted by atomic mass is 9.83. The maximum atomic E-state index is 10.8. The molecule has 5 rings (SSSR count). The summed E-state index contributed by atoms with van der Waals surface area (Å²) in [6.45, 7) is 1.25. The van der Waals surface area contributed by atoms with E-state index in [0.29, 0.717) is 10.0 Å². The van der Waals surface area contributed by atoms with Crippen molar-refractivity contribution < 1.29 is 14.6 Å². The predicted octanol–water partition coefficient (Wildman–Crippen LogP) is 2.29. The Morgan fingerprint density at radius 2 is 2.07 bits per heavy atom. The van der Waals surface area contributed by atoms with Crippen molar-refractivity contribution >= 4 is 34.0 Å². The van der Waals surface area contributed by atoms with Crippen molar-refractivity contribution in [2.24, 2.45) is 0 Å². The van der Waals surface area contributed by atoms with Gasteiger partial charge in [-0.25, -0.2) is 0 Å². The first-order chi connectivity index (χ1) is 14.5. The molecule has 0 radical (unpaired) electrons. The summed E-state index contributed by atoms with van der Waals surface area (Å²) < 4.78 is 6.41. The van der Waals surface area contributed by atoms with Crippen LogP contribution in [0.4, 0.5) is 5.13 Å². The van der Waals surface area contributed by atoms with Gasteiger partial charge in [-0.05, 0) is 29.7 Å². The maximum Gasteiger partial charge on any atom is 0.327 e. The maximum absolute atomic E-state index is 10.8. The van der Waals surface area contributed by atoms with Crippen LogP contribution in [0.1, 0.15) is 24.8 Å². The molecule has 0 saturated carbocycles. The molecule has 30 heavy (non-hydrogen) atoms. The van der Waals surface area contributed by atoms with E-state index in [4.69, 9.17) is 21.4 Å². The first kappa shape index (κ1) is 19.2. The van der Waals surface area contributed by atoms with E-state index in [1.54, 1.807) is 0 Å². The number of rotatable bonds is 4. The summed E-state index contributed by atoms with van der Waals surface area (Å²) in [5, 5.41) is 30.9. The number of carboxylic acid groups (broad SMARTS) is 1. The number of aliphatic carboxylic acids is 1. The summed E-state index contributed by atoms with van der Waals surface area (Å²) in [7, 11) is 0. The van der Waals surface area contributed by atoms with Gasteiger partial charge in [0.1, 0.15) is 11.4 Å². The third-order valence-corrected chi connectivity index (χ3v) is 6.78. The average molecular weight is 448 g/mol. The van der Waals surface area contributed by atoms with Gasteiger partial charge in [0, 0.05) is 25.9 Å². The van der Waals surface area contributed by atoms with Crippen LogP contribution < -0.4 is 9.64 Å². The molecule has 10 nitrogen and oxygen atoms in total. The molecular formula is C18H18ClN7O3S. The van der Waals surface area contributed by atoms with Crippen molar-refractivity contribution in [3.63, 3.8) is 0 Å². The molecule has 2 aromatic heterocycles. The zero-order chi connectivity index (χ0) is 20.7. The zero-order valence-electron chi connectivity index (χ0n) is 15.9. The van der Waals surface area contributed by atoms with E-state index in [9.17, 15) is 4.79 Å². The summed E-state index contributed by atoms with van der Waals surface area (Å²) >= 11 is 7.72. The van der Waals surface area contributed by atoms with Gasteiger partial charge >= 0.3 is 5.97 Å². The Bertz CT molecular complexity index is 1090. The number of halogens is 1. The highest BCUT2D eigenvalue weighted by molar-refractivity contribution is 7.18. The first-order valence-electron chi connectivity index (χ1n) is 9.56. The molecule has 2 aliphatic rings. The summed E-state index contributed by atoms with van der Waals surface area (Å²) in [5.74, 6) is 0.0657. The van der Waals surface area contributed by atoms with Crippen molar-refractivity contribution in [2.75, 3.05) is 18.0 Å². The van der Waals surface area contributed by atoms with Crippen LogP contribution in [0.5, 0.6) is 5.75 Å².